The van der Waals surface area contributed by atoms with E-state index in [2.05, 4.69) is 11.3 Å². The van der Waals surface area contributed by atoms with Crippen molar-refractivity contribution in [3.63, 3.8) is 0 Å². The topological polar surface area (TPSA) is 104 Å². The van der Waals surface area contributed by atoms with Gasteiger partial charge in [0, 0.05) is 11.5 Å². The van der Waals surface area contributed by atoms with E-state index in [4.69, 9.17) is 23.2 Å². The van der Waals surface area contributed by atoms with Crippen LogP contribution >= 0.6 is 23.2 Å². The van der Waals surface area contributed by atoms with Crippen LogP contribution in [0.4, 0.5) is 46.5 Å². The smallest absolute Gasteiger partial charge is 0.508 e. The number of hydrogen-bond donors (Lipinski definition) is 1. The molecule has 8 nitrogen and oxygen atoms in total. The van der Waals surface area contributed by atoms with Crippen molar-refractivity contribution in [1.82, 2.24) is 0 Å². The zero-order chi connectivity index (χ0) is 38.7. The molecule has 0 radical (unpaired) electrons. The van der Waals surface area contributed by atoms with E-state index in [0.717, 1.165) is 4.90 Å². The summed E-state index contributed by atoms with van der Waals surface area (Å²) in [6, 6.07) is 8.04. The number of nitrogens with zero attached hydrogens (tertiary/aromatic N) is 2. The summed E-state index contributed by atoms with van der Waals surface area (Å²) >= 11 is 14.0. The Morgan fingerprint density at radius 1 is 0.830 bits per heavy atom. The lowest BCUT2D eigenvalue weighted by Gasteiger charge is -2.50. The molecule has 2 aliphatic carbocycles. The number of allylic oxidation sites excluding steroid dienone is 2. The van der Waals surface area contributed by atoms with Crippen LogP contribution in [-0.4, -0.2) is 44.8 Å². The van der Waals surface area contributed by atoms with Crippen molar-refractivity contribution in [2.75, 3.05) is 9.80 Å². The highest BCUT2D eigenvalue weighted by Gasteiger charge is 2.77. The largest absolute Gasteiger partial charge is 0.573 e. The number of phenols is 1. The second-order valence-electron chi connectivity index (χ2n) is 12.8. The maximum atomic E-state index is 15.2. The van der Waals surface area contributed by atoms with E-state index in [1.807, 2.05) is 0 Å². The number of imide groups is 2. The molecule has 276 valence electrons. The van der Waals surface area contributed by atoms with E-state index in [1.54, 1.807) is 12.1 Å². The minimum absolute atomic E-state index is 0.0950. The first-order valence-corrected chi connectivity index (χ1v) is 16.2. The highest BCUT2D eigenvalue weighted by molar-refractivity contribution is 6.58. The van der Waals surface area contributed by atoms with E-state index < -0.39 is 127 Å². The van der Waals surface area contributed by atoms with Gasteiger partial charge in [-0.1, -0.05) is 36.4 Å². The first-order valence-electron chi connectivity index (χ1n) is 15.5. The summed E-state index contributed by atoms with van der Waals surface area (Å²) < 4.78 is 117. The lowest BCUT2D eigenvalue weighted by Crippen LogP contribution is -2.60. The van der Waals surface area contributed by atoms with Gasteiger partial charge < -0.3 is 9.84 Å². The lowest BCUT2D eigenvalue weighted by molar-refractivity contribution is -0.274. The molecule has 7 rings (SSSR count). The molecule has 2 heterocycles. The summed E-state index contributed by atoms with van der Waals surface area (Å²) in [5.74, 6) is -25.9. The first kappa shape index (κ1) is 36.4. The van der Waals surface area contributed by atoms with Gasteiger partial charge in [0.25, 0.3) is 11.8 Å². The summed E-state index contributed by atoms with van der Waals surface area (Å²) in [6.07, 6.45) is -3.57. The molecule has 0 spiro atoms. The van der Waals surface area contributed by atoms with E-state index in [-0.39, 0.29) is 17.7 Å². The molecule has 3 aromatic rings. The predicted octanol–water partition coefficient (Wildman–Crippen LogP) is 7.40. The number of alkyl halides is 5. The number of anilines is 2. The van der Waals surface area contributed by atoms with Gasteiger partial charge in [0.15, 0.2) is 33.0 Å². The Hall–Kier alpha value is -4.96. The molecule has 4 aliphatic rings. The monoisotopic (exact) mass is 786 g/mol. The highest BCUT2D eigenvalue weighted by Crippen LogP contribution is 2.67. The van der Waals surface area contributed by atoms with Crippen LogP contribution in [0.2, 0.25) is 0 Å². The second-order valence-corrected chi connectivity index (χ2v) is 14.0. The molecule has 1 saturated carbocycles. The summed E-state index contributed by atoms with van der Waals surface area (Å²) in [5.41, 5.74) is -2.01. The third-order valence-corrected chi connectivity index (χ3v) is 11.6. The number of rotatable bonds is 5. The third-order valence-electron chi connectivity index (χ3n) is 10.2. The molecule has 3 aromatic carbocycles. The Morgan fingerprint density at radius 2 is 1.43 bits per heavy atom. The van der Waals surface area contributed by atoms with Crippen LogP contribution in [0, 0.1) is 46.8 Å². The molecule has 0 bridgehead atoms. The van der Waals surface area contributed by atoms with E-state index >= 15 is 8.78 Å². The zero-order valence-electron chi connectivity index (χ0n) is 26.3. The molecule has 0 aromatic heterocycles. The summed E-state index contributed by atoms with van der Waals surface area (Å²) in [7, 11) is 0. The molecule has 1 N–H and O–H groups in total. The van der Waals surface area contributed by atoms with Crippen molar-refractivity contribution in [3.05, 3.63) is 101 Å². The Balaban J connectivity index is 1.44. The molecule has 4 amide bonds. The Labute approximate surface area is 302 Å². The van der Waals surface area contributed by atoms with Crippen LogP contribution in [0.25, 0.3) is 6.08 Å². The maximum absolute atomic E-state index is 15.2. The predicted molar refractivity (Wildman–Crippen MR) is 170 cm³/mol. The summed E-state index contributed by atoms with van der Waals surface area (Å²) in [5, 5.41) is 11.1. The highest BCUT2D eigenvalue weighted by atomic mass is 35.5. The van der Waals surface area contributed by atoms with Crippen molar-refractivity contribution < 1.29 is 64.1 Å². The maximum Gasteiger partial charge on any atom is 0.573 e. The Kier molecular flexibility index (Phi) is 8.26. The number of carbonyl (C=O) groups excluding carboxylic acids is 4. The number of fused-ring (bicyclic) bond motifs is 4. The fourth-order valence-electron chi connectivity index (χ4n) is 7.89. The van der Waals surface area contributed by atoms with Gasteiger partial charge in [0.05, 0.1) is 17.5 Å². The molecule has 2 aliphatic heterocycles. The van der Waals surface area contributed by atoms with Crippen molar-refractivity contribution in [3.8, 4) is 11.5 Å². The van der Waals surface area contributed by atoms with E-state index in [1.165, 1.54) is 24.3 Å². The van der Waals surface area contributed by atoms with E-state index in [9.17, 15) is 50.6 Å². The second kappa shape index (κ2) is 12.0. The van der Waals surface area contributed by atoms with Crippen LogP contribution < -0.4 is 14.5 Å². The number of carbonyl (C=O) groups is 4. The fraction of sp³-hybridized carbons (Fsp3) is 0.257. The SMILES string of the molecule is C=Cc1ccc(N2C(=O)[C@H]3[C@H](CC=C4[C@H]3C[C@@]3(Cl)C(=O)N(c5c(F)c(F)c(F)c(F)c5F)C(=O)[C@@]3(Cl)[C@H]4c3cc(OC(F)(F)F)ccc3O)C2=O)cc1. The number of benzene rings is 3. The van der Waals surface area contributed by atoms with Crippen molar-refractivity contribution in [2.45, 2.75) is 34.9 Å². The van der Waals surface area contributed by atoms with Gasteiger partial charge in [-0.25, -0.2) is 26.9 Å². The number of phenolic OH excluding ortho intramolecular Hbond substituents is 1. The summed E-state index contributed by atoms with van der Waals surface area (Å²) in [6.45, 7) is 3.64. The van der Waals surface area contributed by atoms with Crippen LogP contribution in [0.3, 0.4) is 0 Å². The van der Waals surface area contributed by atoms with Crippen molar-refractivity contribution in [1.29, 1.82) is 0 Å². The van der Waals surface area contributed by atoms with Crippen LogP contribution in [0.15, 0.2) is 60.7 Å². The van der Waals surface area contributed by atoms with Gasteiger partial charge >= 0.3 is 6.36 Å². The number of ether oxygens (including phenoxy) is 1. The normalized spacial score (nSPS) is 28.2. The standard InChI is InChI=1S/C35H20Cl2F8N2O6/c1-2-13-3-5-14(6-4-13)46-29(49)17-9-8-16-19(21(17)30(46)50)12-33(36)31(51)47(28-26(41)24(39)23(38)25(40)27(28)42)32(52)34(33,37)22(16)18-11-15(7-10-20(18)48)53-35(43,44)45/h2-8,10-11,17,19,21-22,48H,1,9,12H2/t17-,19+,21-,22+,33+,34-/m0/s1. The van der Waals surface area contributed by atoms with Gasteiger partial charge in [-0.05, 0) is 54.7 Å². The van der Waals surface area contributed by atoms with Crippen molar-refractivity contribution >= 4 is 64.3 Å². The molecule has 3 fully saturated rings. The molecule has 18 heteroatoms. The number of hydrogen-bond acceptors (Lipinski definition) is 6. The zero-order valence-corrected chi connectivity index (χ0v) is 27.8. The van der Waals surface area contributed by atoms with Crippen molar-refractivity contribution in [2.24, 2.45) is 17.8 Å². The van der Waals surface area contributed by atoms with Gasteiger partial charge in [0.1, 0.15) is 17.2 Å². The molecule has 53 heavy (non-hydrogen) atoms. The minimum atomic E-state index is -5.29. The summed E-state index contributed by atoms with van der Waals surface area (Å²) in [4.78, 5) is 51.0. The van der Waals surface area contributed by atoms with Gasteiger partial charge in [-0.3, -0.25) is 24.1 Å². The minimum Gasteiger partial charge on any atom is -0.508 e. The van der Waals surface area contributed by atoms with Gasteiger partial charge in [-0.2, -0.15) is 0 Å². The number of aromatic hydroxyl groups is 1. The fourth-order valence-corrected chi connectivity index (χ4v) is 8.81. The average Bonchev–Trinajstić information content (AvgIpc) is 3.45. The van der Waals surface area contributed by atoms with Gasteiger partial charge in [0.2, 0.25) is 17.6 Å². The molecule has 6 atom stereocenters. The number of halogens is 10. The Morgan fingerprint density at radius 3 is 2.02 bits per heavy atom. The number of amides is 4. The average molecular weight is 787 g/mol. The van der Waals surface area contributed by atoms with Crippen LogP contribution in [0.1, 0.15) is 29.9 Å². The molecule has 0 unspecified atom stereocenters. The van der Waals surface area contributed by atoms with Crippen LogP contribution in [-0.2, 0) is 19.2 Å². The van der Waals surface area contributed by atoms with Gasteiger partial charge in [-0.15, -0.1) is 36.4 Å². The molecular weight excluding hydrogens is 767 g/mol. The third kappa shape index (κ3) is 5.01. The van der Waals surface area contributed by atoms with Crippen LogP contribution in [0.5, 0.6) is 11.5 Å². The lowest BCUT2D eigenvalue weighted by atomic mass is 9.56. The van der Waals surface area contributed by atoms with E-state index in [0.29, 0.717) is 23.8 Å². The quantitative estimate of drug-likeness (QED) is 0.0723. The Bertz CT molecular complexity index is 2190. The molecular formula is C35H20Cl2F8N2O6. The first-order chi connectivity index (χ1) is 24.8. The molecule has 2 saturated heterocycles.